The molecule has 1 unspecified atom stereocenters. The van der Waals surface area contributed by atoms with Crippen molar-refractivity contribution in [1.29, 1.82) is 0 Å². The smallest absolute Gasteiger partial charge is 0.0471 e. The van der Waals surface area contributed by atoms with Crippen molar-refractivity contribution >= 4 is 0 Å². The van der Waals surface area contributed by atoms with Gasteiger partial charge in [0, 0.05) is 32.1 Å². The van der Waals surface area contributed by atoms with E-state index in [1.807, 2.05) is 12.4 Å². The molecule has 1 aromatic heterocycles. The van der Waals surface area contributed by atoms with E-state index in [2.05, 4.69) is 22.0 Å². The Morgan fingerprint density at radius 2 is 2.20 bits per heavy atom. The Hall–Kier alpha value is -0.930. The van der Waals surface area contributed by atoms with Crippen LogP contribution >= 0.6 is 0 Å². The van der Waals surface area contributed by atoms with E-state index in [0.717, 1.165) is 32.5 Å². The highest BCUT2D eigenvalue weighted by Gasteiger charge is 2.20. The lowest BCUT2D eigenvalue weighted by Crippen LogP contribution is -2.24. The first-order chi connectivity index (χ1) is 7.38. The van der Waals surface area contributed by atoms with Crippen molar-refractivity contribution in [3.63, 3.8) is 0 Å². The molecule has 0 aromatic carbocycles. The van der Waals surface area contributed by atoms with Crippen LogP contribution in [0.25, 0.3) is 0 Å². The van der Waals surface area contributed by atoms with Crippen LogP contribution in [0.4, 0.5) is 0 Å². The molecule has 2 rings (SSSR count). The topological polar surface area (TPSA) is 36.4 Å². The highest BCUT2D eigenvalue weighted by atomic mass is 16.3. The molecule has 0 spiro atoms. The molecule has 0 bridgehead atoms. The fraction of sp³-hybridized carbons (Fsp3) is 0.583. The van der Waals surface area contributed by atoms with Crippen molar-refractivity contribution in [2.24, 2.45) is 5.92 Å². The van der Waals surface area contributed by atoms with Gasteiger partial charge < -0.3 is 10.0 Å². The molecule has 0 aliphatic carbocycles. The number of aliphatic hydroxyl groups is 1. The number of hydrogen-bond donors (Lipinski definition) is 1. The second kappa shape index (κ2) is 5.24. The van der Waals surface area contributed by atoms with Crippen LogP contribution in [-0.4, -0.2) is 41.2 Å². The molecule has 3 heteroatoms. The SMILES string of the molecule is OCC1CCN(CCc2ccncc2)C1. The van der Waals surface area contributed by atoms with Crippen LogP contribution in [0.15, 0.2) is 24.5 Å². The standard InChI is InChI=1S/C12H18N2O/c15-10-12-4-8-14(9-12)7-3-11-1-5-13-6-2-11/h1-2,5-6,12,15H,3-4,7-10H2. The summed E-state index contributed by atoms with van der Waals surface area (Å²) in [4.78, 5) is 6.44. The number of nitrogens with zero attached hydrogens (tertiary/aromatic N) is 2. The Morgan fingerprint density at radius 1 is 1.40 bits per heavy atom. The van der Waals surface area contributed by atoms with E-state index in [1.165, 1.54) is 5.56 Å². The van der Waals surface area contributed by atoms with Gasteiger partial charge in [-0.3, -0.25) is 4.98 Å². The molecular weight excluding hydrogens is 188 g/mol. The van der Waals surface area contributed by atoms with Crippen LogP contribution in [0.1, 0.15) is 12.0 Å². The van der Waals surface area contributed by atoms with Crippen molar-refractivity contribution in [3.05, 3.63) is 30.1 Å². The molecule has 2 heterocycles. The van der Waals surface area contributed by atoms with Gasteiger partial charge in [-0.15, -0.1) is 0 Å². The Morgan fingerprint density at radius 3 is 2.87 bits per heavy atom. The van der Waals surface area contributed by atoms with E-state index in [-0.39, 0.29) is 0 Å². The second-order valence-corrected chi connectivity index (χ2v) is 4.24. The van der Waals surface area contributed by atoms with E-state index < -0.39 is 0 Å². The van der Waals surface area contributed by atoms with Gasteiger partial charge in [-0.1, -0.05) is 0 Å². The number of pyridine rings is 1. The highest BCUT2D eigenvalue weighted by Crippen LogP contribution is 2.15. The van der Waals surface area contributed by atoms with Crippen molar-refractivity contribution in [3.8, 4) is 0 Å². The number of aliphatic hydroxyl groups excluding tert-OH is 1. The molecule has 3 nitrogen and oxygen atoms in total. The summed E-state index contributed by atoms with van der Waals surface area (Å²) in [5, 5.41) is 9.03. The number of hydrogen-bond acceptors (Lipinski definition) is 3. The van der Waals surface area contributed by atoms with Gasteiger partial charge in [0.25, 0.3) is 0 Å². The van der Waals surface area contributed by atoms with Crippen LogP contribution < -0.4 is 0 Å². The maximum absolute atomic E-state index is 9.03. The third kappa shape index (κ3) is 3.01. The summed E-state index contributed by atoms with van der Waals surface area (Å²) in [6.07, 6.45) is 5.92. The van der Waals surface area contributed by atoms with Gasteiger partial charge in [0.2, 0.25) is 0 Å². The molecule has 1 N–H and O–H groups in total. The lowest BCUT2D eigenvalue weighted by Gasteiger charge is -2.15. The molecule has 1 atom stereocenters. The molecule has 1 aliphatic rings. The maximum Gasteiger partial charge on any atom is 0.0471 e. The number of aromatic nitrogens is 1. The summed E-state index contributed by atoms with van der Waals surface area (Å²) >= 11 is 0. The van der Waals surface area contributed by atoms with Crippen LogP contribution in [0.3, 0.4) is 0 Å². The molecule has 82 valence electrons. The molecule has 0 amide bonds. The molecular formula is C12H18N2O. The van der Waals surface area contributed by atoms with Crippen molar-refractivity contribution in [1.82, 2.24) is 9.88 Å². The molecule has 15 heavy (non-hydrogen) atoms. The minimum Gasteiger partial charge on any atom is -0.396 e. The zero-order chi connectivity index (χ0) is 10.5. The highest BCUT2D eigenvalue weighted by molar-refractivity contribution is 5.09. The van der Waals surface area contributed by atoms with Crippen LogP contribution in [0, 0.1) is 5.92 Å². The Labute approximate surface area is 90.8 Å². The summed E-state index contributed by atoms with van der Waals surface area (Å²) in [5.74, 6) is 0.502. The second-order valence-electron chi connectivity index (χ2n) is 4.24. The van der Waals surface area contributed by atoms with Crippen molar-refractivity contribution in [2.45, 2.75) is 12.8 Å². The molecule has 0 radical (unpaired) electrons. The summed E-state index contributed by atoms with van der Waals surface area (Å²) in [5.41, 5.74) is 1.34. The van der Waals surface area contributed by atoms with Crippen LogP contribution in [0.5, 0.6) is 0 Å². The predicted octanol–water partition coefficient (Wildman–Crippen LogP) is 0.938. The van der Waals surface area contributed by atoms with E-state index in [4.69, 9.17) is 5.11 Å². The van der Waals surface area contributed by atoms with Crippen molar-refractivity contribution in [2.75, 3.05) is 26.2 Å². The summed E-state index contributed by atoms with van der Waals surface area (Å²) in [6.45, 7) is 3.63. The van der Waals surface area contributed by atoms with E-state index >= 15 is 0 Å². The fourth-order valence-corrected chi connectivity index (χ4v) is 2.10. The average Bonchev–Trinajstić information content (AvgIpc) is 2.76. The van der Waals surface area contributed by atoms with Gasteiger partial charge >= 0.3 is 0 Å². The minimum atomic E-state index is 0.339. The normalized spacial score (nSPS) is 22.1. The van der Waals surface area contributed by atoms with Gasteiger partial charge in [-0.05, 0) is 43.0 Å². The first-order valence-corrected chi connectivity index (χ1v) is 5.60. The van der Waals surface area contributed by atoms with Crippen LogP contribution in [0.2, 0.25) is 0 Å². The number of likely N-dealkylation sites (tertiary alicyclic amines) is 1. The minimum absolute atomic E-state index is 0.339. The van der Waals surface area contributed by atoms with Gasteiger partial charge in [0.15, 0.2) is 0 Å². The monoisotopic (exact) mass is 206 g/mol. The van der Waals surface area contributed by atoms with Gasteiger partial charge in [-0.2, -0.15) is 0 Å². The van der Waals surface area contributed by atoms with Gasteiger partial charge in [-0.25, -0.2) is 0 Å². The Bertz CT molecular complexity index is 289. The Balaban J connectivity index is 1.75. The zero-order valence-electron chi connectivity index (χ0n) is 8.97. The predicted molar refractivity (Wildman–Crippen MR) is 59.6 cm³/mol. The lowest BCUT2D eigenvalue weighted by molar-refractivity contribution is 0.222. The number of rotatable bonds is 4. The third-order valence-electron chi connectivity index (χ3n) is 3.09. The molecule has 1 aliphatic heterocycles. The maximum atomic E-state index is 9.03. The average molecular weight is 206 g/mol. The van der Waals surface area contributed by atoms with E-state index in [1.54, 1.807) is 0 Å². The van der Waals surface area contributed by atoms with E-state index in [9.17, 15) is 0 Å². The molecule has 1 saturated heterocycles. The van der Waals surface area contributed by atoms with Crippen LogP contribution in [-0.2, 0) is 6.42 Å². The summed E-state index contributed by atoms with van der Waals surface area (Å²) < 4.78 is 0. The van der Waals surface area contributed by atoms with Gasteiger partial charge in [0.1, 0.15) is 0 Å². The van der Waals surface area contributed by atoms with E-state index in [0.29, 0.717) is 12.5 Å². The molecule has 0 saturated carbocycles. The Kier molecular flexibility index (Phi) is 3.69. The third-order valence-corrected chi connectivity index (χ3v) is 3.09. The fourth-order valence-electron chi connectivity index (χ4n) is 2.10. The van der Waals surface area contributed by atoms with Gasteiger partial charge in [0.05, 0.1) is 0 Å². The summed E-state index contributed by atoms with van der Waals surface area (Å²) in [7, 11) is 0. The molecule has 1 fully saturated rings. The first-order valence-electron chi connectivity index (χ1n) is 5.60. The first kappa shape index (κ1) is 10.6. The summed E-state index contributed by atoms with van der Waals surface area (Å²) in [6, 6.07) is 4.14. The molecule has 1 aromatic rings. The lowest BCUT2D eigenvalue weighted by atomic mass is 10.1. The largest absolute Gasteiger partial charge is 0.396 e. The van der Waals surface area contributed by atoms with Crippen molar-refractivity contribution < 1.29 is 5.11 Å². The zero-order valence-corrected chi connectivity index (χ0v) is 8.97. The quantitative estimate of drug-likeness (QED) is 0.796.